The monoisotopic (exact) mass is 220 g/mol. The average molecular weight is 220 g/mol. The maximum atomic E-state index is 4.18. The van der Waals surface area contributed by atoms with Crippen LogP contribution in [0, 0.1) is 0 Å². The Kier molecular flexibility index (Phi) is 2.39. The minimum absolute atomic E-state index is 0.589. The predicted octanol–water partition coefficient (Wildman–Crippen LogP) is 1.46. The molecule has 1 aromatic heterocycles. The van der Waals surface area contributed by atoms with Gasteiger partial charge in [0.25, 0.3) is 0 Å². The molecule has 88 valence electrons. The Morgan fingerprint density at radius 2 is 2.25 bits per heavy atom. The van der Waals surface area contributed by atoms with Gasteiger partial charge in [0.05, 0.1) is 6.20 Å². The van der Waals surface area contributed by atoms with Crippen LogP contribution in [-0.4, -0.2) is 39.4 Å². The second-order valence-electron chi connectivity index (χ2n) is 5.19. The third-order valence-corrected chi connectivity index (χ3v) is 3.81. The van der Waals surface area contributed by atoms with Crippen LogP contribution in [0.2, 0.25) is 0 Å². The van der Waals surface area contributed by atoms with E-state index in [9.17, 15) is 0 Å². The number of aryl methyl sites for hydroxylation is 1. The van der Waals surface area contributed by atoms with Crippen molar-refractivity contribution in [3.05, 3.63) is 12.3 Å². The molecule has 16 heavy (non-hydrogen) atoms. The molecule has 4 heteroatoms. The number of nitrogens with zero attached hydrogens (tertiary/aromatic N) is 3. The van der Waals surface area contributed by atoms with Crippen LogP contribution in [0.4, 0.5) is 5.82 Å². The average Bonchev–Trinajstić information content (AvgIpc) is 2.92. The zero-order chi connectivity index (χ0) is 11.1. The molecule has 1 saturated carbocycles. The van der Waals surface area contributed by atoms with Crippen LogP contribution < -0.4 is 5.32 Å². The largest absolute Gasteiger partial charge is 0.366 e. The van der Waals surface area contributed by atoms with Crippen molar-refractivity contribution < 1.29 is 0 Å². The van der Waals surface area contributed by atoms with E-state index < -0.39 is 0 Å². The molecule has 0 spiro atoms. The van der Waals surface area contributed by atoms with Crippen molar-refractivity contribution in [2.24, 2.45) is 7.05 Å². The van der Waals surface area contributed by atoms with Gasteiger partial charge in [-0.15, -0.1) is 0 Å². The van der Waals surface area contributed by atoms with Gasteiger partial charge in [-0.3, -0.25) is 9.58 Å². The fourth-order valence-corrected chi connectivity index (χ4v) is 2.80. The van der Waals surface area contributed by atoms with E-state index in [0.717, 1.165) is 17.9 Å². The summed E-state index contributed by atoms with van der Waals surface area (Å²) in [5.41, 5.74) is 0. The van der Waals surface area contributed by atoms with E-state index in [2.05, 4.69) is 22.2 Å². The van der Waals surface area contributed by atoms with Gasteiger partial charge in [-0.05, 0) is 26.2 Å². The molecule has 4 nitrogen and oxygen atoms in total. The van der Waals surface area contributed by atoms with Crippen molar-refractivity contribution in [3.8, 4) is 0 Å². The minimum atomic E-state index is 0.589. The first-order valence-electron chi connectivity index (χ1n) is 6.24. The fourth-order valence-electron chi connectivity index (χ4n) is 2.80. The first-order valence-corrected chi connectivity index (χ1v) is 6.24. The lowest BCUT2D eigenvalue weighted by atomic mass is 10.2. The van der Waals surface area contributed by atoms with Gasteiger partial charge in [0.1, 0.15) is 5.82 Å². The Balaban J connectivity index is 1.63. The summed E-state index contributed by atoms with van der Waals surface area (Å²) < 4.78 is 1.91. The van der Waals surface area contributed by atoms with Gasteiger partial charge in [0.2, 0.25) is 0 Å². The number of nitrogens with one attached hydrogen (secondary N) is 1. The molecule has 1 aliphatic heterocycles. The molecule has 1 aromatic rings. The maximum Gasteiger partial charge on any atom is 0.124 e. The molecule has 0 bridgehead atoms. The summed E-state index contributed by atoms with van der Waals surface area (Å²) in [7, 11) is 1.99. The SMILES string of the molecule is CC1CC(Nc2ccnn2C)CN1C1CC1. The Morgan fingerprint density at radius 3 is 2.88 bits per heavy atom. The van der Waals surface area contributed by atoms with Crippen molar-refractivity contribution >= 4 is 5.82 Å². The highest BCUT2D eigenvalue weighted by molar-refractivity contribution is 5.35. The summed E-state index contributed by atoms with van der Waals surface area (Å²) in [5.74, 6) is 1.13. The van der Waals surface area contributed by atoms with E-state index >= 15 is 0 Å². The van der Waals surface area contributed by atoms with Crippen molar-refractivity contribution in [2.75, 3.05) is 11.9 Å². The molecule has 1 saturated heterocycles. The molecule has 1 aliphatic carbocycles. The second kappa shape index (κ2) is 3.77. The van der Waals surface area contributed by atoms with Crippen molar-refractivity contribution in [1.29, 1.82) is 0 Å². The molecular weight excluding hydrogens is 200 g/mol. The van der Waals surface area contributed by atoms with Crippen LogP contribution in [0.25, 0.3) is 0 Å². The number of anilines is 1. The summed E-state index contributed by atoms with van der Waals surface area (Å²) in [5, 5.41) is 7.78. The summed E-state index contributed by atoms with van der Waals surface area (Å²) >= 11 is 0. The molecule has 0 radical (unpaired) electrons. The Hall–Kier alpha value is -1.03. The van der Waals surface area contributed by atoms with Gasteiger partial charge < -0.3 is 5.32 Å². The highest BCUT2D eigenvalue weighted by Crippen LogP contribution is 2.33. The standard InChI is InChI=1S/C12H20N4/c1-9-7-10(8-16(9)11-3-4-11)14-12-5-6-13-15(12)2/h5-6,9-11,14H,3-4,7-8H2,1-2H3. The first-order chi connectivity index (χ1) is 7.74. The van der Waals surface area contributed by atoms with E-state index in [4.69, 9.17) is 0 Å². The summed E-state index contributed by atoms with van der Waals surface area (Å²) in [4.78, 5) is 2.66. The fraction of sp³-hybridized carbons (Fsp3) is 0.750. The molecule has 2 aliphatic rings. The second-order valence-corrected chi connectivity index (χ2v) is 5.19. The number of rotatable bonds is 3. The van der Waals surface area contributed by atoms with Gasteiger partial charge in [0, 0.05) is 37.8 Å². The maximum absolute atomic E-state index is 4.18. The lowest BCUT2D eigenvalue weighted by molar-refractivity contribution is 0.257. The van der Waals surface area contributed by atoms with E-state index in [1.165, 1.54) is 25.8 Å². The molecular formula is C12H20N4. The quantitative estimate of drug-likeness (QED) is 0.837. The third-order valence-electron chi connectivity index (χ3n) is 3.81. The summed E-state index contributed by atoms with van der Waals surface area (Å²) in [6.07, 6.45) is 5.91. The smallest absolute Gasteiger partial charge is 0.124 e. The topological polar surface area (TPSA) is 33.1 Å². The Bertz CT molecular complexity index is 369. The van der Waals surface area contributed by atoms with Crippen molar-refractivity contribution in [2.45, 2.75) is 44.3 Å². The summed E-state index contributed by atoms with van der Waals surface area (Å²) in [6.45, 7) is 3.54. The van der Waals surface area contributed by atoms with Crippen LogP contribution >= 0.6 is 0 Å². The number of likely N-dealkylation sites (tertiary alicyclic amines) is 1. The number of hydrogen-bond acceptors (Lipinski definition) is 3. The molecule has 2 atom stereocenters. The van der Waals surface area contributed by atoms with E-state index in [1.807, 2.05) is 24.0 Å². The highest BCUT2D eigenvalue weighted by atomic mass is 15.3. The molecule has 2 heterocycles. The lowest BCUT2D eigenvalue weighted by Crippen LogP contribution is -2.31. The van der Waals surface area contributed by atoms with Crippen molar-refractivity contribution in [1.82, 2.24) is 14.7 Å². The van der Waals surface area contributed by atoms with Gasteiger partial charge in [-0.1, -0.05) is 0 Å². The van der Waals surface area contributed by atoms with Gasteiger partial charge in [-0.25, -0.2) is 0 Å². The minimum Gasteiger partial charge on any atom is -0.366 e. The van der Waals surface area contributed by atoms with Crippen LogP contribution in [-0.2, 0) is 7.05 Å². The van der Waals surface area contributed by atoms with E-state index in [0.29, 0.717) is 6.04 Å². The van der Waals surface area contributed by atoms with Gasteiger partial charge in [0.15, 0.2) is 0 Å². The Labute approximate surface area is 96.6 Å². The van der Waals surface area contributed by atoms with Crippen LogP contribution in [0.15, 0.2) is 12.3 Å². The first kappa shape index (κ1) is 10.1. The molecule has 0 aromatic carbocycles. The summed E-state index contributed by atoms with van der Waals surface area (Å²) in [6, 6.07) is 4.25. The Morgan fingerprint density at radius 1 is 1.44 bits per heavy atom. The highest BCUT2D eigenvalue weighted by Gasteiger charge is 2.38. The zero-order valence-corrected chi connectivity index (χ0v) is 10.1. The van der Waals surface area contributed by atoms with Crippen LogP contribution in [0.5, 0.6) is 0 Å². The zero-order valence-electron chi connectivity index (χ0n) is 10.1. The normalized spacial score (nSPS) is 30.9. The predicted molar refractivity (Wildman–Crippen MR) is 64.4 cm³/mol. The number of aromatic nitrogens is 2. The van der Waals surface area contributed by atoms with Gasteiger partial charge >= 0.3 is 0 Å². The van der Waals surface area contributed by atoms with E-state index in [1.54, 1.807) is 0 Å². The van der Waals surface area contributed by atoms with Gasteiger partial charge in [-0.2, -0.15) is 5.10 Å². The molecule has 3 rings (SSSR count). The molecule has 0 amide bonds. The lowest BCUT2D eigenvalue weighted by Gasteiger charge is -2.19. The third kappa shape index (κ3) is 1.82. The molecule has 2 fully saturated rings. The molecule has 1 N–H and O–H groups in total. The van der Waals surface area contributed by atoms with Crippen LogP contribution in [0.3, 0.4) is 0 Å². The van der Waals surface area contributed by atoms with Crippen LogP contribution in [0.1, 0.15) is 26.2 Å². The number of hydrogen-bond donors (Lipinski definition) is 1. The van der Waals surface area contributed by atoms with E-state index in [-0.39, 0.29) is 0 Å². The van der Waals surface area contributed by atoms with Crippen molar-refractivity contribution in [3.63, 3.8) is 0 Å². The molecule has 2 unspecified atom stereocenters.